The second-order valence-corrected chi connectivity index (χ2v) is 4.18. The SMILES string of the molecule is O=C(N/N=C/c1ccc([N+](=O)[O-])o1)Nc1cccs1. The molecule has 0 saturated carbocycles. The van der Waals surface area contributed by atoms with Gasteiger partial charge in [0.25, 0.3) is 0 Å². The lowest BCUT2D eigenvalue weighted by molar-refractivity contribution is -0.402. The van der Waals surface area contributed by atoms with Crippen molar-refractivity contribution in [1.82, 2.24) is 5.43 Å². The number of hydrazone groups is 1. The Labute approximate surface area is 110 Å². The summed E-state index contributed by atoms with van der Waals surface area (Å²) < 4.78 is 4.81. The number of rotatable bonds is 4. The number of nitro groups is 1. The lowest BCUT2D eigenvalue weighted by atomic mass is 10.5. The van der Waals surface area contributed by atoms with Crippen LogP contribution in [0.2, 0.25) is 0 Å². The van der Waals surface area contributed by atoms with Gasteiger partial charge in [-0.25, -0.2) is 10.2 Å². The molecule has 0 aromatic carbocycles. The molecular formula is C10H8N4O4S. The molecule has 0 fully saturated rings. The van der Waals surface area contributed by atoms with Crippen molar-refractivity contribution in [2.75, 3.05) is 5.32 Å². The fourth-order valence-electron chi connectivity index (χ4n) is 1.15. The number of furan rings is 1. The number of urea groups is 1. The highest BCUT2D eigenvalue weighted by Gasteiger charge is 2.10. The molecule has 2 aromatic rings. The summed E-state index contributed by atoms with van der Waals surface area (Å²) >= 11 is 1.37. The van der Waals surface area contributed by atoms with Crippen LogP contribution in [0, 0.1) is 10.1 Å². The van der Waals surface area contributed by atoms with Crippen molar-refractivity contribution in [3.63, 3.8) is 0 Å². The van der Waals surface area contributed by atoms with Gasteiger partial charge in [-0.2, -0.15) is 5.10 Å². The third kappa shape index (κ3) is 3.64. The molecule has 0 atom stereocenters. The van der Waals surface area contributed by atoms with E-state index >= 15 is 0 Å². The van der Waals surface area contributed by atoms with Crippen LogP contribution < -0.4 is 10.7 Å². The highest BCUT2D eigenvalue weighted by Crippen LogP contribution is 2.15. The van der Waals surface area contributed by atoms with Crippen LogP contribution in [0.25, 0.3) is 0 Å². The Morgan fingerprint density at radius 3 is 2.95 bits per heavy atom. The van der Waals surface area contributed by atoms with E-state index in [2.05, 4.69) is 15.8 Å². The van der Waals surface area contributed by atoms with E-state index in [4.69, 9.17) is 4.42 Å². The van der Waals surface area contributed by atoms with Crippen LogP contribution >= 0.6 is 11.3 Å². The van der Waals surface area contributed by atoms with Crippen molar-refractivity contribution in [3.8, 4) is 0 Å². The maximum absolute atomic E-state index is 11.3. The van der Waals surface area contributed by atoms with E-state index < -0.39 is 11.0 Å². The van der Waals surface area contributed by atoms with Gasteiger partial charge < -0.3 is 4.42 Å². The summed E-state index contributed by atoms with van der Waals surface area (Å²) in [7, 11) is 0. The van der Waals surface area contributed by atoms with E-state index in [1.54, 1.807) is 12.1 Å². The highest BCUT2D eigenvalue weighted by atomic mass is 32.1. The zero-order chi connectivity index (χ0) is 13.7. The Morgan fingerprint density at radius 1 is 1.47 bits per heavy atom. The smallest absolute Gasteiger partial charge is 0.400 e. The molecule has 0 unspecified atom stereocenters. The first kappa shape index (κ1) is 12.8. The minimum absolute atomic E-state index is 0.170. The van der Waals surface area contributed by atoms with Gasteiger partial charge in [0.2, 0.25) is 0 Å². The molecule has 0 radical (unpaired) electrons. The summed E-state index contributed by atoms with van der Waals surface area (Å²) in [5.41, 5.74) is 2.20. The zero-order valence-corrected chi connectivity index (χ0v) is 10.2. The van der Waals surface area contributed by atoms with Gasteiger partial charge in [0.05, 0.1) is 17.3 Å². The summed E-state index contributed by atoms with van der Waals surface area (Å²) in [5.74, 6) is -0.215. The second kappa shape index (κ2) is 5.78. The molecule has 2 amide bonds. The predicted molar refractivity (Wildman–Crippen MR) is 69.4 cm³/mol. The first-order valence-corrected chi connectivity index (χ1v) is 5.91. The molecule has 0 aliphatic carbocycles. The molecule has 0 aliphatic heterocycles. The summed E-state index contributed by atoms with van der Waals surface area (Å²) in [6.07, 6.45) is 1.17. The van der Waals surface area contributed by atoms with Crippen molar-refractivity contribution in [2.45, 2.75) is 0 Å². The van der Waals surface area contributed by atoms with E-state index in [-0.39, 0.29) is 11.6 Å². The van der Waals surface area contributed by atoms with Crippen LogP contribution in [0.5, 0.6) is 0 Å². The van der Waals surface area contributed by atoms with Gasteiger partial charge >= 0.3 is 11.9 Å². The van der Waals surface area contributed by atoms with Crippen molar-refractivity contribution >= 4 is 34.5 Å². The molecule has 0 spiro atoms. The third-order valence-electron chi connectivity index (χ3n) is 1.91. The van der Waals surface area contributed by atoms with E-state index in [1.165, 1.54) is 29.7 Å². The van der Waals surface area contributed by atoms with Gasteiger partial charge in [-0.05, 0) is 23.6 Å². The first-order chi connectivity index (χ1) is 9.15. The molecule has 2 N–H and O–H groups in total. The van der Waals surface area contributed by atoms with Crippen molar-refractivity contribution in [2.24, 2.45) is 5.10 Å². The Hall–Kier alpha value is -2.68. The molecule has 2 heterocycles. The largest absolute Gasteiger partial charge is 0.433 e. The molecule has 9 heteroatoms. The Bertz CT molecular complexity index is 605. The quantitative estimate of drug-likeness (QED) is 0.509. The predicted octanol–water partition coefficient (Wildman–Crippen LogP) is 2.40. The second-order valence-electron chi connectivity index (χ2n) is 3.23. The molecule has 2 aromatic heterocycles. The Kier molecular flexibility index (Phi) is 3.88. The van der Waals surface area contributed by atoms with Crippen molar-refractivity contribution < 1.29 is 14.1 Å². The molecule has 0 bridgehead atoms. The van der Waals surface area contributed by atoms with Crippen LogP contribution in [0.3, 0.4) is 0 Å². The fraction of sp³-hybridized carbons (Fsp3) is 0. The van der Waals surface area contributed by atoms with Gasteiger partial charge in [-0.3, -0.25) is 15.4 Å². The lowest BCUT2D eigenvalue weighted by Gasteiger charge is -1.99. The Balaban J connectivity index is 1.85. The number of hydrogen-bond acceptors (Lipinski definition) is 6. The van der Waals surface area contributed by atoms with Crippen LogP contribution in [-0.2, 0) is 0 Å². The van der Waals surface area contributed by atoms with Crippen molar-refractivity contribution in [1.29, 1.82) is 0 Å². The van der Waals surface area contributed by atoms with E-state index in [1.807, 2.05) is 5.38 Å². The van der Waals surface area contributed by atoms with Gasteiger partial charge in [-0.15, -0.1) is 11.3 Å². The summed E-state index contributed by atoms with van der Waals surface area (Å²) in [5, 5.41) is 19.0. The molecule has 0 saturated heterocycles. The molecule has 19 heavy (non-hydrogen) atoms. The molecule has 98 valence electrons. The van der Waals surface area contributed by atoms with E-state index in [9.17, 15) is 14.9 Å². The van der Waals surface area contributed by atoms with E-state index in [0.717, 1.165) is 0 Å². The number of carbonyl (C=O) groups is 1. The number of nitrogens with zero attached hydrogens (tertiary/aromatic N) is 2. The van der Waals surface area contributed by atoms with Crippen LogP contribution in [-0.4, -0.2) is 17.2 Å². The minimum atomic E-state index is -0.658. The van der Waals surface area contributed by atoms with Crippen LogP contribution in [0.4, 0.5) is 15.7 Å². The number of thiophene rings is 1. The Morgan fingerprint density at radius 2 is 2.32 bits per heavy atom. The standard InChI is InChI=1S/C10H8N4O4S/c15-10(12-8-2-1-5-19-8)13-11-6-7-3-4-9(18-7)14(16)17/h1-6H,(H2,12,13,15)/b11-6+. The average Bonchev–Trinajstić information content (AvgIpc) is 3.00. The summed E-state index contributed by atoms with van der Waals surface area (Å²) in [4.78, 5) is 21.1. The third-order valence-corrected chi connectivity index (χ3v) is 2.69. The number of amides is 2. The normalized spacial score (nSPS) is 10.5. The number of nitrogens with one attached hydrogen (secondary N) is 2. The number of anilines is 1. The van der Waals surface area contributed by atoms with Gasteiger partial charge in [-0.1, -0.05) is 0 Å². The zero-order valence-electron chi connectivity index (χ0n) is 9.40. The first-order valence-electron chi connectivity index (χ1n) is 5.03. The molecule has 8 nitrogen and oxygen atoms in total. The lowest BCUT2D eigenvalue weighted by Crippen LogP contribution is -2.23. The number of hydrogen-bond donors (Lipinski definition) is 2. The average molecular weight is 280 g/mol. The highest BCUT2D eigenvalue weighted by molar-refractivity contribution is 7.14. The maximum atomic E-state index is 11.3. The monoisotopic (exact) mass is 280 g/mol. The topological polar surface area (TPSA) is 110 Å². The van der Waals surface area contributed by atoms with Crippen LogP contribution in [0.15, 0.2) is 39.2 Å². The fourth-order valence-corrected chi connectivity index (χ4v) is 1.77. The van der Waals surface area contributed by atoms with Crippen molar-refractivity contribution in [3.05, 3.63) is 45.5 Å². The molecular weight excluding hydrogens is 272 g/mol. The maximum Gasteiger partial charge on any atom is 0.433 e. The summed E-state index contributed by atoms with van der Waals surface area (Å²) in [6.45, 7) is 0. The molecule has 2 rings (SSSR count). The van der Waals surface area contributed by atoms with Gasteiger partial charge in [0.15, 0.2) is 5.76 Å². The van der Waals surface area contributed by atoms with Gasteiger partial charge in [0.1, 0.15) is 4.92 Å². The van der Waals surface area contributed by atoms with Gasteiger partial charge in [0, 0.05) is 0 Å². The molecule has 0 aliphatic rings. The minimum Gasteiger partial charge on any atom is -0.400 e. The van der Waals surface area contributed by atoms with Crippen LogP contribution in [0.1, 0.15) is 5.76 Å². The number of carbonyl (C=O) groups excluding carboxylic acids is 1. The summed E-state index contributed by atoms with van der Waals surface area (Å²) in [6, 6.07) is 5.60. The van der Waals surface area contributed by atoms with E-state index in [0.29, 0.717) is 5.00 Å².